The van der Waals surface area contributed by atoms with Crippen LogP contribution in [0.3, 0.4) is 0 Å². The summed E-state index contributed by atoms with van der Waals surface area (Å²) in [6.07, 6.45) is 5.47. The number of aliphatic carboxylic acids is 2. The van der Waals surface area contributed by atoms with Crippen LogP contribution in [0, 0.1) is 11.3 Å². The quantitative estimate of drug-likeness (QED) is 0.799. The zero-order valence-corrected chi connectivity index (χ0v) is 13.8. The minimum absolute atomic E-state index is 0.256. The van der Waals surface area contributed by atoms with Gasteiger partial charge in [-0.3, -0.25) is 9.59 Å². The predicted molar refractivity (Wildman–Crippen MR) is 88.4 cm³/mol. The van der Waals surface area contributed by atoms with Gasteiger partial charge in [-0.1, -0.05) is 44.0 Å². The van der Waals surface area contributed by atoms with E-state index in [4.69, 9.17) is 0 Å². The van der Waals surface area contributed by atoms with Crippen LogP contribution in [0.4, 0.5) is 0 Å². The number of rotatable bonds is 7. The van der Waals surface area contributed by atoms with Crippen LogP contribution in [0.25, 0.3) is 0 Å². The molecule has 1 aliphatic rings. The normalized spacial score (nSPS) is 24.3. The third-order valence-corrected chi connectivity index (χ3v) is 5.10. The second-order valence-corrected chi connectivity index (χ2v) is 6.78. The Labute approximate surface area is 137 Å². The molecule has 2 rings (SSSR count). The summed E-state index contributed by atoms with van der Waals surface area (Å²) < 4.78 is 0. The number of hydrogen-bond acceptors (Lipinski definition) is 2. The van der Waals surface area contributed by atoms with E-state index in [1.165, 1.54) is 5.56 Å². The van der Waals surface area contributed by atoms with Crippen molar-refractivity contribution in [1.82, 2.24) is 0 Å². The van der Waals surface area contributed by atoms with E-state index < -0.39 is 23.3 Å². The topological polar surface area (TPSA) is 74.6 Å². The number of carboxylic acid groups (broad SMARTS) is 2. The Kier molecular flexibility index (Phi) is 5.80. The first kappa shape index (κ1) is 17.5. The lowest BCUT2D eigenvalue weighted by atomic mass is 9.67. The van der Waals surface area contributed by atoms with E-state index in [0.717, 1.165) is 18.4 Å². The second-order valence-electron chi connectivity index (χ2n) is 6.78. The highest BCUT2D eigenvalue weighted by Crippen LogP contribution is 2.43. The maximum absolute atomic E-state index is 11.8. The molecule has 0 spiro atoms. The van der Waals surface area contributed by atoms with Crippen LogP contribution in [0.1, 0.15) is 56.6 Å². The average molecular weight is 318 g/mol. The van der Waals surface area contributed by atoms with Gasteiger partial charge in [-0.25, -0.2) is 0 Å². The van der Waals surface area contributed by atoms with Crippen LogP contribution in [0.2, 0.25) is 0 Å². The Morgan fingerprint density at radius 3 is 2.26 bits per heavy atom. The van der Waals surface area contributed by atoms with Crippen molar-refractivity contribution >= 4 is 11.9 Å². The van der Waals surface area contributed by atoms with Gasteiger partial charge in [-0.05, 0) is 49.7 Å². The largest absolute Gasteiger partial charge is 0.481 e. The van der Waals surface area contributed by atoms with Gasteiger partial charge in [0, 0.05) is 0 Å². The van der Waals surface area contributed by atoms with Gasteiger partial charge in [0.1, 0.15) is 0 Å². The van der Waals surface area contributed by atoms with E-state index in [0.29, 0.717) is 32.1 Å². The van der Waals surface area contributed by atoms with Crippen molar-refractivity contribution in [3.05, 3.63) is 35.4 Å². The molecule has 1 aromatic carbocycles. The molecule has 0 heterocycles. The maximum atomic E-state index is 11.8. The molecule has 0 amide bonds. The molecule has 2 N–H and O–H groups in total. The van der Waals surface area contributed by atoms with E-state index in [1.807, 2.05) is 0 Å². The van der Waals surface area contributed by atoms with Crippen molar-refractivity contribution in [2.24, 2.45) is 11.3 Å². The molecule has 4 heteroatoms. The lowest BCUT2D eigenvalue weighted by Gasteiger charge is -2.36. The molecular formula is C19H26O4. The molecule has 1 saturated carbocycles. The van der Waals surface area contributed by atoms with Gasteiger partial charge in [0.25, 0.3) is 0 Å². The van der Waals surface area contributed by atoms with Crippen LogP contribution >= 0.6 is 0 Å². The fraction of sp³-hybridized carbons (Fsp3) is 0.579. The summed E-state index contributed by atoms with van der Waals surface area (Å²) in [6.45, 7) is 2.15. The first-order chi connectivity index (χ1) is 11.0. The number of aryl methyl sites for hydroxylation is 2. The monoisotopic (exact) mass is 318 g/mol. The Bertz CT molecular complexity index is 549. The fourth-order valence-corrected chi connectivity index (χ4v) is 3.65. The number of carbonyl (C=O) groups is 2. The third kappa shape index (κ3) is 4.34. The molecule has 0 aromatic heterocycles. The molecule has 0 radical (unpaired) electrons. The van der Waals surface area contributed by atoms with E-state index >= 15 is 0 Å². The van der Waals surface area contributed by atoms with Crippen LogP contribution < -0.4 is 0 Å². The minimum atomic E-state index is -0.886. The Hall–Kier alpha value is -1.84. The number of carboxylic acids is 2. The molecule has 2 atom stereocenters. The molecule has 1 aromatic rings. The van der Waals surface area contributed by atoms with Crippen LogP contribution in [-0.2, 0) is 22.4 Å². The summed E-state index contributed by atoms with van der Waals surface area (Å²) in [5.41, 5.74) is 1.54. The zero-order chi connectivity index (χ0) is 16.9. The highest BCUT2D eigenvalue weighted by Gasteiger charge is 2.44. The van der Waals surface area contributed by atoms with E-state index in [-0.39, 0.29) is 6.42 Å². The lowest BCUT2D eigenvalue weighted by molar-refractivity contribution is -0.156. The molecular weight excluding hydrogens is 292 g/mol. The van der Waals surface area contributed by atoms with E-state index in [2.05, 4.69) is 31.2 Å². The Morgan fingerprint density at radius 1 is 1.13 bits per heavy atom. The number of hydrogen-bond donors (Lipinski definition) is 2. The fourth-order valence-electron chi connectivity index (χ4n) is 3.65. The maximum Gasteiger partial charge on any atom is 0.309 e. The van der Waals surface area contributed by atoms with Crippen LogP contribution in [0.15, 0.2) is 24.3 Å². The van der Waals surface area contributed by atoms with Crippen molar-refractivity contribution in [2.75, 3.05) is 0 Å². The Morgan fingerprint density at radius 2 is 1.74 bits per heavy atom. The van der Waals surface area contributed by atoms with Crippen molar-refractivity contribution in [2.45, 2.75) is 58.3 Å². The smallest absolute Gasteiger partial charge is 0.309 e. The van der Waals surface area contributed by atoms with Gasteiger partial charge < -0.3 is 10.2 Å². The van der Waals surface area contributed by atoms with Crippen molar-refractivity contribution < 1.29 is 19.8 Å². The summed E-state index contributed by atoms with van der Waals surface area (Å²) in [7, 11) is 0. The summed E-state index contributed by atoms with van der Waals surface area (Å²) >= 11 is 0. The third-order valence-electron chi connectivity index (χ3n) is 5.10. The molecule has 23 heavy (non-hydrogen) atoms. The van der Waals surface area contributed by atoms with Crippen molar-refractivity contribution in [1.29, 1.82) is 0 Å². The Balaban J connectivity index is 2.04. The standard InChI is InChI=1S/C19H26O4/c1-2-4-14-6-8-15(9-7-14)10-12-19(18(22)23)11-3-5-16(13-19)17(20)21/h6-9,16H,2-5,10-13H2,1H3,(H,20,21)(H,22,23). The first-order valence-corrected chi connectivity index (χ1v) is 8.51. The zero-order valence-electron chi connectivity index (χ0n) is 13.8. The van der Waals surface area contributed by atoms with E-state index in [1.54, 1.807) is 0 Å². The first-order valence-electron chi connectivity index (χ1n) is 8.51. The minimum Gasteiger partial charge on any atom is -0.481 e. The lowest BCUT2D eigenvalue weighted by Crippen LogP contribution is -2.39. The van der Waals surface area contributed by atoms with Crippen molar-refractivity contribution in [3.63, 3.8) is 0 Å². The van der Waals surface area contributed by atoms with Gasteiger partial charge in [-0.2, -0.15) is 0 Å². The molecule has 1 aliphatic carbocycles. The predicted octanol–water partition coefficient (Wildman–Crippen LogP) is 3.92. The summed E-state index contributed by atoms with van der Waals surface area (Å²) in [5, 5.41) is 18.9. The molecule has 0 saturated heterocycles. The van der Waals surface area contributed by atoms with Gasteiger partial charge in [-0.15, -0.1) is 0 Å². The van der Waals surface area contributed by atoms with Gasteiger partial charge >= 0.3 is 11.9 Å². The van der Waals surface area contributed by atoms with Gasteiger partial charge in [0.2, 0.25) is 0 Å². The van der Waals surface area contributed by atoms with Crippen molar-refractivity contribution in [3.8, 4) is 0 Å². The second kappa shape index (κ2) is 7.62. The molecule has 0 bridgehead atoms. The van der Waals surface area contributed by atoms with Crippen LogP contribution in [0.5, 0.6) is 0 Å². The van der Waals surface area contributed by atoms with E-state index in [9.17, 15) is 19.8 Å². The molecule has 2 unspecified atom stereocenters. The highest BCUT2D eigenvalue weighted by atomic mass is 16.4. The highest BCUT2D eigenvalue weighted by molar-refractivity contribution is 5.77. The molecule has 0 aliphatic heterocycles. The summed E-state index contributed by atoms with van der Waals surface area (Å²) in [6, 6.07) is 8.34. The van der Waals surface area contributed by atoms with Gasteiger partial charge in [0.05, 0.1) is 11.3 Å². The number of benzene rings is 1. The molecule has 126 valence electrons. The molecule has 1 fully saturated rings. The average Bonchev–Trinajstić information content (AvgIpc) is 2.54. The summed E-state index contributed by atoms with van der Waals surface area (Å²) in [4.78, 5) is 23.1. The van der Waals surface area contributed by atoms with Gasteiger partial charge in [0.15, 0.2) is 0 Å². The molecule has 4 nitrogen and oxygen atoms in total. The summed E-state index contributed by atoms with van der Waals surface area (Å²) in [5.74, 6) is -2.22. The SMILES string of the molecule is CCCc1ccc(CCC2(C(=O)O)CCCC(C(=O)O)C2)cc1. The van der Waals surface area contributed by atoms with Crippen LogP contribution in [-0.4, -0.2) is 22.2 Å².